The molecule has 19 heavy (non-hydrogen) atoms. The molecular weight excluding hydrogens is 238 g/mol. The SMILES string of the molecule is COc1cc(NCCCCC#N)c2ncccc2c1. The van der Waals surface area contributed by atoms with Gasteiger partial charge in [0.2, 0.25) is 0 Å². The summed E-state index contributed by atoms with van der Waals surface area (Å²) in [7, 11) is 1.66. The maximum Gasteiger partial charge on any atom is 0.121 e. The van der Waals surface area contributed by atoms with E-state index in [0.29, 0.717) is 6.42 Å². The molecular formula is C15H17N3O. The number of unbranched alkanes of at least 4 members (excludes halogenated alkanes) is 2. The highest BCUT2D eigenvalue weighted by atomic mass is 16.5. The van der Waals surface area contributed by atoms with E-state index in [1.807, 2.05) is 24.3 Å². The van der Waals surface area contributed by atoms with Crippen LogP contribution in [0.25, 0.3) is 10.9 Å². The molecule has 2 aromatic rings. The molecule has 0 amide bonds. The van der Waals surface area contributed by atoms with Crippen molar-refractivity contribution in [3.63, 3.8) is 0 Å². The Balaban J connectivity index is 2.14. The molecule has 2 rings (SSSR count). The Kier molecular flexibility index (Phi) is 4.57. The first-order valence-corrected chi connectivity index (χ1v) is 6.38. The Morgan fingerprint density at radius 3 is 3.05 bits per heavy atom. The molecule has 0 aliphatic carbocycles. The third kappa shape index (κ3) is 3.35. The normalized spacial score (nSPS) is 10.1. The summed E-state index contributed by atoms with van der Waals surface area (Å²) in [5, 5.41) is 12.9. The fourth-order valence-corrected chi connectivity index (χ4v) is 1.97. The summed E-state index contributed by atoms with van der Waals surface area (Å²) in [6.45, 7) is 0.834. The van der Waals surface area contributed by atoms with Gasteiger partial charge in [-0.2, -0.15) is 5.26 Å². The Morgan fingerprint density at radius 2 is 2.26 bits per heavy atom. The van der Waals surface area contributed by atoms with Crippen LogP contribution in [0, 0.1) is 11.3 Å². The highest BCUT2D eigenvalue weighted by Crippen LogP contribution is 2.27. The largest absolute Gasteiger partial charge is 0.497 e. The zero-order valence-corrected chi connectivity index (χ0v) is 11.0. The smallest absolute Gasteiger partial charge is 0.121 e. The number of nitriles is 1. The number of hydrogen-bond acceptors (Lipinski definition) is 4. The van der Waals surface area contributed by atoms with Crippen LogP contribution in [0.3, 0.4) is 0 Å². The molecule has 1 heterocycles. The molecule has 0 saturated heterocycles. The minimum Gasteiger partial charge on any atom is -0.497 e. The van der Waals surface area contributed by atoms with Gasteiger partial charge in [-0.05, 0) is 25.0 Å². The van der Waals surface area contributed by atoms with Crippen LogP contribution >= 0.6 is 0 Å². The van der Waals surface area contributed by atoms with Crippen LogP contribution in [0.15, 0.2) is 30.5 Å². The lowest BCUT2D eigenvalue weighted by Gasteiger charge is -2.11. The van der Waals surface area contributed by atoms with Crippen molar-refractivity contribution in [3.8, 4) is 11.8 Å². The number of anilines is 1. The van der Waals surface area contributed by atoms with Gasteiger partial charge in [0.25, 0.3) is 0 Å². The summed E-state index contributed by atoms with van der Waals surface area (Å²) < 4.78 is 5.30. The Hall–Kier alpha value is -2.28. The molecule has 1 N–H and O–H groups in total. The van der Waals surface area contributed by atoms with E-state index >= 15 is 0 Å². The summed E-state index contributed by atoms with van der Waals surface area (Å²) in [5.74, 6) is 0.819. The number of benzene rings is 1. The summed E-state index contributed by atoms with van der Waals surface area (Å²) in [6, 6.07) is 10.0. The van der Waals surface area contributed by atoms with Crippen molar-refractivity contribution >= 4 is 16.6 Å². The minimum absolute atomic E-state index is 0.610. The Labute approximate surface area is 113 Å². The molecule has 4 heteroatoms. The molecule has 1 aromatic carbocycles. The van der Waals surface area contributed by atoms with Crippen LogP contribution in [0.5, 0.6) is 5.75 Å². The number of hydrogen-bond donors (Lipinski definition) is 1. The van der Waals surface area contributed by atoms with Crippen LogP contribution in [0.4, 0.5) is 5.69 Å². The maximum atomic E-state index is 8.50. The molecule has 0 fully saturated rings. The lowest BCUT2D eigenvalue weighted by atomic mass is 10.1. The van der Waals surface area contributed by atoms with Gasteiger partial charge in [0, 0.05) is 30.6 Å². The number of nitrogens with one attached hydrogen (secondary N) is 1. The number of nitrogens with zero attached hydrogens (tertiary/aromatic N) is 2. The van der Waals surface area contributed by atoms with Gasteiger partial charge in [0.05, 0.1) is 24.4 Å². The van der Waals surface area contributed by atoms with Gasteiger partial charge < -0.3 is 10.1 Å². The van der Waals surface area contributed by atoms with Gasteiger partial charge >= 0.3 is 0 Å². The molecule has 0 atom stereocenters. The predicted molar refractivity (Wildman–Crippen MR) is 76.2 cm³/mol. The monoisotopic (exact) mass is 255 g/mol. The van der Waals surface area contributed by atoms with E-state index in [0.717, 1.165) is 41.7 Å². The van der Waals surface area contributed by atoms with Gasteiger partial charge in [-0.25, -0.2) is 0 Å². The molecule has 0 unspecified atom stereocenters. The fraction of sp³-hybridized carbons (Fsp3) is 0.333. The van der Waals surface area contributed by atoms with E-state index in [9.17, 15) is 0 Å². The number of ether oxygens (including phenoxy) is 1. The van der Waals surface area contributed by atoms with E-state index in [1.54, 1.807) is 13.3 Å². The lowest BCUT2D eigenvalue weighted by Crippen LogP contribution is -2.03. The second kappa shape index (κ2) is 6.60. The molecule has 98 valence electrons. The van der Waals surface area contributed by atoms with Crippen molar-refractivity contribution < 1.29 is 4.74 Å². The van der Waals surface area contributed by atoms with E-state index in [-0.39, 0.29) is 0 Å². The van der Waals surface area contributed by atoms with E-state index in [4.69, 9.17) is 10.00 Å². The predicted octanol–water partition coefficient (Wildman–Crippen LogP) is 3.35. The zero-order valence-electron chi connectivity index (χ0n) is 11.0. The van der Waals surface area contributed by atoms with Crippen molar-refractivity contribution in [2.45, 2.75) is 19.3 Å². The fourth-order valence-electron chi connectivity index (χ4n) is 1.97. The zero-order chi connectivity index (χ0) is 13.5. The third-order valence-corrected chi connectivity index (χ3v) is 2.94. The van der Waals surface area contributed by atoms with Gasteiger partial charge in [-0.1, -0.05) is 6.07 Å². The molecule has 0 radical (unpaired) electrons. The van der Waals surface area contributed by atoms with E-state index < -0.39 is 0 Å². The Morgan fingerprint density at radius 1 is 1.37 bits per heavy atom. The van der Waals surface area contributed by atoms with Crippen LogP contribution in [0.2, 0.25) is 0 Å². The van der Waals surface area contributed by atoms with Crippen LogP contribution in [0.1, 0.15) is 19.3 Å². The summed E-state index contributed by atoms with van der Waals surface area (Å²) in [6.07, 6.45) is 4.28. The number of methoxy groups -OCH3 is 1. The van der Waals surface area contributed by atoms with Gasteiger partial charge in [-0.15, -0.1) is 0 Å². The average Bonchev–Trinajstić information content (AvgIpc) is 2.46. The molecule has 4 nitrogen and oxygen atoms in total. The second-order valence-electron chi connectivity index (χ2n) is 4.29. The molecule has 0 bridgehead atoms. The highest BCUT2D eigenvalue weighted by molar-refractivity contribution is 5.91. The number of rotatable bonds is 6. The standard InChI is InChI=1S/C15H17N3O/c1-19-13-10-12-6-5-9-18-15(12)14(11-13)17-8-4-2-3-7-16/h5-6,9-11,17H,2-4,8H2,1H3. The number of aromatic nitrogens is 1. The lowest BCUT2D eigenvalue weighted by molar-refractivity contribution is 0.415. The van der Waals surface area contributed by atoms with Crippen molar-refractivity contribution in [2.24, 2.45) is 0 Å². The average molecular weight is 255 g/mol. The number of fused-ring (bicyclic) bond motifs is 1. The van der Waals surface area contributed by atoms with Crippen LogP contribution in [-0.2, 0) is 0 Å². The summed E-state index contributed by atoms with van der Waals surface area (Å²) in [5.41, 5.74) is 1.93. The summed E-state index contributed by atoms with van der Waals surface area (Å²) in [4.78, 5) is 4.40. The van der Waals surface area contributed by atoms with Crippen molar-refractivity contribution in [3.05, 3.63) is 30.5 Å². The first-order chi connectivity index (χ1) is 9.35. The summed E-state index contributed by atoms with van der Waals surface area (Å²) >= 11 is 0. The molecule has 0 aliphatic heterocycles. The van der Waals surface area contributed by atoms with Gasteiger partial charge in [0.1, 0.15) is 5.75 Å². The van der Waals surface area contributed by atoms with E-state index in [2.05, 4.69) is 16.4 Å². The third-order valence-electron chi connectivity index (χ3n) is 2.94. The van der Waals surface area contributed by atoms with Crippen LogP contribution in [-0.4, -0.2) is 18.6 Å². The van der Waals surface area contributed by atoms with Crippen LogP contribution < -0.4 is 10.1 Å². The first kappa shape index (κ1) is 13.2. The van der Waals surface area contributed by atoms with Crippen molar-refractivity contribution in [1.29, 1.82) is 5.26 Å². The molecule has 0 aliphatic rings. The van der Waals surface area contributed by atoms with Crippen molar-refractivity contribution in [1.82, 2.24) is 4.98 Å². The van der Waals surface area contributed by atoms with Gasteiger partial charge in [-0.3, -0.25) is 4.98 Å². The molecule has 0 spiro atoms. The van der Waals surface area contributed by atoms with E-state index in [1.165, 1.54) is 0 Å². The molecule has 0 saturated carbocycles. The topological polar surface area (TPSA) is 57.9 Å². The van der Waals surface area contributed by atoms with Crippen molar-refractivity contribution in [2.75, 3.05) is 19.0 Å². The Bertz CT molecular complexity index is 589. The minimum atomic E-state index is 0.610. The van der Waals surface area contributed by atoms with Gasteiger partial charge in [0.15, 0.2) is 0 Å². The quantitative estimate of drug-likeness (QED) is 0.804. The first-order valence-electron chi connectivity index (χ1n) is 6.38. The second-order valence-corrected chi connectivity index (χ2v) is 4.29. The molecule has 1 aromatic heterocycles. The maximum absolute atomic E-state index is 8.50. The number of pyridine rings is 1. The highest BCUT2D eigenvalue weighted by Gasteiger charge is 2.05.